The predicted molar refractivity (Wildman–Crippen MR) is 69.3 cm³/mol. The van der Waals surface area contributed by atoms with Crippen molar-refractivity contribution in [3.63, 3.8) is 0 Å². The summed E-state index contributed by atoms with van der Waals surface area (Å²) in [5, 5.41) is 4.42. The van der Waals surface area contributed by atoms with Crippen molar-refractivity contribution >= 4 is 17.5 Å². The Balaban J connectivity index is 2.67. The highest BCUT2D eigenvalue weighted by Gasteiger charge is 2.14. The number of carbonyl (C=O) groups is 1. The second-order valence-electron chi connectivity index (χ2n) is 3.88. The molecule has 1 heterocycles. The van der Waals surface area contributed by atoms with Crippen LogP contribution in [0.2, 0.25) is 0 Å². The largest absolute Gasteiger partial charge is 0.294 e. The summed E-state index contributed by atoms with van der Waals surface area (Å²) in [5.74, 6) is 2.43. The summed E-state index contributed by atoms with van der Waals surface area (Å²) >= 11 is 1.94. The van der Waals surface area contributed by atoms with Crippen LogP contribution in [0.15, 0.2) is 0 Å². The first kappa shape index (κ1) is 13.3. The first-order valence-electron chi connectivity index (χ1n) is 5.70. The van der Waals surface area contributed by atoms with Gasteiger partial charge in [0.1, 0.15) is 0 Å². The molecule has 3 nitrogen and oxygen atoms in total. The minimum Gasteiger partial charge on any atom is -0.294 e. The molecule has 16 heavy (non-hydrogen) atoms. The number of rotatable bonds is 6. The van der Waals surface area contributed by atoms with E-state index in [1.807, 2.05) is 30.3 Å². The maximum Gasteiger partial charge on any atom is 0.163 e. The van der Waals surface area contributed by atoms with Gasteiger partial charge < -0.3 is 0 Å². The zero-order valence-electron chi connectivity index (χ0n) is 10.5. The lowest BCUT2D eigenvalue weighted by Gasteiger charge is -2.04. The van der Waals surface area contributed by atoms with E-state index in [2.05, 4.69) is 12.0 Å². The van der Waals surface area contributed by atoms with Gasteiger partial charge in [-0.3, -0.25) is 9.48 Å². The Bertz CT molecular complexity index is 371. The van der Waals surface area contributed by atoms with E-state index in [-0.39, 0.29) is 5.78 Å². The van der Waals surface area contributed by atoms with Gasteiger partial charge >= 0.3 is 0 Å². The van der Waals surface area contributed by atoms with Gasteiger partial charge in [0.05, 0.1) is 11.3 Å². The molecule has 1 aromatic rings. The zero-order chi connectivity index (χ0) is 12.1. The number of nitrogens with zero attached hydrogens (tertiary/aromatic N) is 2. The number of carbonyl (C=O) groups excluding carboxylic acids is 1. The highest BCUT2D eigenvalue weighted by Crippen LogP contribution is 2.14. The predicted octanol–water partition coefficient (Wildman–Crippen LogP) is 2.85. The highest BCUT2D eigenvalue weighted by molar-refractivity contribution is 7.99. The minimum absolute atomic E-state index is 0.115. The van der Waals surface area contributed by atoms with E-state index in [1.54, 1.807) is 6.92 Å². The van der Waals surface area contributed by atoms with Gasteiger partial charge in [-0.15, -0.1) is 0 Å². The Kier molecular flexibility index (Phi) is 5.06. The molecule has 0 unspecified atom stereocenters. The Hall–Kier alpha value is -0.770. The van der Waals surface area contributed by atoms with Crippen LogP contribution in [0.4, 0.5) is 0 Å². The van der Waals surface area contributed by atoms with Gasteiger partial charge in [0.2, 0.25) is 0 Å². The van der Waals surface area contributed by atoms with Crippen LogP contribution >= 0.6 is 11.8 Å². The second-order valence-corrected chi connectivity index (χ2v) is 5.27. The number of thioether (sulfide) groups is 1. The van der Waals surface area contributed by atoms with E-state index in [0.29, 0.717) is 0 Å². The van der Waals surface area contributed by atoms with Crippen LogP contribution in [-0.2, 0) is 6.54 Å². The van der Waals surface area contributed by atoms with Crippen LogP contribution in [-0.4, -0.2) is 27.1 Å². The minimum atomic E-state index is 0.115. The number of hydrogen-bond donors (Lipinski definition) is 0. The van der Waals surface area contributed by atoms with Gasteiger partial charge in [-0.05, 0) is 38.7 Å². The molecule has 0 amide bonds. The molecule has 0 atom stereocenters. The average Bonchev–Trinajstić information content (AvgIpc) is 2.49. The summed E-state index contributed by atoms with van der Waals surface area (Å²) in [5.41, 5.74) is 2.66. The summed E-state index contributed by atoms with van der Waals surface area (Å²) in [6.45, 7) is 8.56. The Morgan fingerprint density at radius 1 is 1.44 bits per heavy atom. The number of Topliss-reactive ketones (excluding diaryl/α,β-unsaturated/α-hetero) is 1. The maximum atomic E-state index is 11.4. The third-order valence-corrected chi connectivity index (χ3v) is 3.58. The summed E-state index contributed by atoms with van der Waals surface area (Å²) in [6, 6.07) is 0. The molecule has 0 radical (unpaired) electrons. The van der Waals surface area contributed by atoms with Crippen molar-refractivity contribution in [2.75, 3.05) is 11.5 Å². The monoisotopic (exact) mass is 240 g/mol. The van der Waals surface area contributed by atoms with Crippen LogP contribution < -0.4 is 0 Å². The second kappa shape index (κ2) is 6.09. The summed E-state index contributed by atoms with van der Waals surface area (Å²) in [6.07, 6.45) is 1.11. The van der Waals surface area contributed by atoms with Gasteiger partial charge in [0.15, 0.2) is 5.78 Å². The molecule has 0 bridgehead atoms. The fourth-order valence-corrected chi connectivity index (χ4v) is 2.51. The molecular formula is C12H20N2OS. The zero-order valence-corrected chi connectivity index (χ0v) is 11.4. The quantitative estimate of drug-likeness (QED) is 0.566. The number of ketones is 1. The van der Waals surface area contributed by atoms with Crippen LogP contribution in [0.5, 0.6) is 0 Å². The molecule has 90 valence electrons. The Morgan fingerprint density at radius 2 is 2.12 bits per heavy atom. The van der Waals surface area contributed by atoms with Crippen molar-refractivity contribution in [1.29, 1.82) is 0 Å². The maximum absolute atomic E-state index is 11.4. The molecule has 0 aromatic carbocycles. The molecule has 0 saturated heterocycles. The molecule has 0 fully saturated rings. The number of hydrogen-bond acceptors (Lipinski definition) is 3. The van der Waals surface area contributed by atoms with Gasteiger partial charge in [0, 0.05) is 12.2 Å². The molecule has 0 aliphatic heterocycles. The molecule has 0 aliphatic carbocycles. The lowest BCUT2D eigenvalue weighted by Crippen LogP contribution is -2.04. The van der Waals surface area contributed by atoms with Gasteiger partial charge in [0.25, 0.3) is 0 Å². The lowest BCUT2D eigenvalue weighted by molar-refractivity contribution is 0.101. The SMILES string of the molecule is CCSCCCn1nc(C)c(C(C)=O)c1C. The molecule has 4 heteroatoms. The fourth-order valence-electron chi connectivity index (χ4n) is 1.88. The third kappa shape index (κ3) is 3.11. The molecule has 1 rings (SSSR count). The van der Waals surface area contributed by atoms with E-state index >= 15 is 0 Å². The van der Waals surface area contributed by atoms with Crippen LogP contribution in [0.25, 0.3) is 0 Å². The van der Waals surface area contributed by atoms with E-state index in [1.165, 1.54) is 0 Å². The average molecular weight is 240 g/mol. The Morgan fingerprint density at radius 3 is 2.62 bits per heavy atom. The highest BCUT2D eigenvalue weighted by atomic mass is 32.2. The molecule has 0 N–H and O–H groups in total. The van der Waals surface area contributed by atoms with Gasteiger partial charge in [-0.1, -0.05) is 6.92 Å². The topological polar surface area (TPSA) is 34.9 Å². The van der Waals surface area contributed by atoms with Crippen molar-refractivity contribution in [3.8, 4) is 0 Å². The van der Waals surface area contributed by atoms with Gasteiger partial charge in [-0.25, -0.2) is 0 Å². The summed E-state index contributed by atoms with van der Waals surface area (Å²) in [7, 11) is 0. The number of aryl methyl sites for hydroxylation is 2. The fraction of sp³-hybridized carbons (Fsp3) is 0.667. The standard InChI is InChI=1S/C12H20N2OS/c1-5-16-8-6-7-14-10(3)12(11(4)15)9(2)13-14/h5-8H2,1-4H3. The normalized spacial score (nSPS) is 10.8. The van der Waals surface area contributed by atoms with E-state index in [4.69, 9.17) is 0 Å². The van der Waals surface area contributed by atoms with E-state index in [9.17, 15) is 4.79 Å². The lowest BCUT2D eigenvalue weighted by atomic mass is 10.1. The van der Waals surface area contributed by atoms with E-state index in [0.717, 1.165) is 41.4 Å². The van der Waals surface area contributed by atoms with Crippen molar-refractivity contribution < 1.29 is 4.79 Å². The van der Waals surface area contributed by atoms with Crippen molar-refractivity contribution in [3.05, 3.63) is 17.0 Å². The molecule has 0 aliphatic rings. The van der Waals surface area contributed by atoms with Crippen molar-refractivity contribution in [2.24, 2.45) is 0 Å². The molecule has 1 aromatic heterocycles. The van der Waals surface area contributed by atoms with Crippen LogP contribution in [0.1, 0.15) is 42.0 Å². The summed E-state index contributed by atoms with van der Waals surface area (Å²) in [4.78, 5) is 11.4. The van der Waals surface area contributed by atoms with Gasteiger partial charge in [-0.2, -0.15) is 16.9 Å². The van der Waals surface area contributed by atoms with Crippen LogP contribution in [0.3, 0.4) is 0 Å². The molecule has 0 spiro atoms. The third-order valence-electron chi connectivity index (χ3n) is 2.60. The van der Waals surface area contributed by atoms with Crippen LogP contribution in [0, 0.1) is 13.8 Å². The van der Waals surface area contributed by atoms with Crippen molar-refractivity contribution in [2.45, 2.75) is 40.7 Å². The van der Waals surface area contributed by atoms with Crippen molar-refractivity contribution in [1.82, 2.24) is 9.78 Å². The first-order chi connectivity index (χ1) is 7.57. The number of aromatic nitrogens is 2. The molecule has 0 saturated carbocycles. The smallest absolute Gasteiger partial charge is 0.163 e. The Labute approximate surface area is 102 Å². The summed E-state index contributed by atoms with van der Waals surface area (Å²) < 4.78 is 1.96. The first-order valence-corrected chi connectivity index (χ1v) is 6.86. The van der Waals surface area contributed by atoms with E-state index < -0.39 is 0 Å². The molecular weight excluding hydrogens is 220 g/mol.